The SMILES string of the molecule is CC(C)(C)OC(=O)NCc1coc2c(Cl)cc(B3OC(C)(C)C(C)(C)O3)cc12. The van der Waals surface area contributed by atoms with Crippen LogP contribution in [0.3, 0.4) is 0 Å². The lowest BCUT2D eigenvalue weighted by atomic mass is 9.78. The highest BCUT2D eigenvalue weighted by atomic mass is 35.5. The molecular weight excluding hydrogens is 380 g/mol. The molecule has 0 unspecified atom stereocenters. The Labute approximate surface area is 171 Å². The van der Waals surface area contributed by atoms with Crippen LogP contribution >= 0.6 is 11.6 Å². The maximum atomic E-state index is 11.9. The summed E-state index contributed by atoms with van der Waals surface area (Å²) < 4.78 is 23.1. The predicted molar refractivity (Wildman–Crippen MR) is 110 cm³/mol. The van der Waals surface area contributed by atoms with Crippen LogP contribution in [0.15, 0.2) is 22.8 Å². The number of furan rings is 1. The van der Waals surface area contributed by atoms with Gasteiger partial charge >= 0.3 is 13.2 Å². The molecule has 1 N–H and O–H groups in total. The van der Waals surface area contributed by atoms with Crippen LogP contribution in [0.5, 0.6) is 0 Å². The van der Waals surface area contributed by atoms with Gasteiger partial charge in [-0.15, -0.1) is 0 Å². The molecule has 0 aliphatic carbocycles. The molecule has 0 spiro atoms. The first-order chi connectivity index (χ1) is 12.8. The Hall–Kier alpha value is -1.70. The van der Waals surface area contributed by atoms with E-state index in [1.165, 1.54) is 0 Å². The van der Waals surface area contributed by atoms with Gasteiger partial charge in [0.05, 0.1) is 22.5 Å². The normalized spacial score (nSPS) is 18.5. The molecule has 2 aromatic rings. The number of hydrogen-bond donors (Lipinski definition) is 1. The third kappa shape index (κ3) is 4.16. The molecule has 152 valence electrons. The smallest absolute Gasteiger partial charge is 0.462 e. The van der Waals surface area contributed by atoms with E-state index in [1.807, 2.05) is 54.5 Å². The van der Waals surface area contributed by atoms with E-state index < -0.39 is 30.0 Å². The van der Waals surface area contributed by atoms with Gasteiger partial charge in [-0.25, -0.2) is 4.79 Å². The van der Waals surface area contributed by atoms with E-state index in [1.54, 1.807) is 12.3 Å². The second-order valence-corrected chi connectivity index (χ2v) is 9.49. The van der Waals surface area contributed by atoms with Gasteiger partial charge in [-0.1, -0.05) is 17.7 Å². The fourth-order valence-corrected chi connectivity index (χ4v) is 3.17. The maximum absolute atomic E-state index is 11.9. The minimum absolute atomic E-state index is 0.255. The van der Waals surface area contributed by atoms with E-state index in [0.717, 1.165) is 16.4 Å². The second kappa shape index (κ2) is 6.97. The monoisotopic (exact) mass is 407 g/mol. The van der Waals surface area contributed by atoms with Gasteiger partial charge in [0.1, 0.15) is 5.60 Å². The van der Waals surface area contributed by atoms with Gasteiger partial charge in [-0.3, -0.25) is 0 Å². The molecule has 0 radical (unpaired) electrons. The lowest BCUT2D eigenvalue weighted by molar-refractivity contribution is 0.00578. The summed E-state index contributed by atoms with van der Waals surface area (Å²) in [6, 6.07) is 3.72. The Kier molecular flexibility index (Phi) is 5.23. The van der Waals surface area contributed by atoms with Crippen LogP contribution in [0, 0.1) is 0 Å². The number of rotatable bonds is 3. The molecule has 0 atom stereocenters. The summed E-state index contributed by atoms with van der Waals surface area (Å²) in [5, 5.41) is 4.00. The van der Waals surface area contributed by atoms with Gasteiger partial charge in [0.2, 0.25) is 0 Å². The first-order valence-electron chi connectivity index (χ1n) is 9.31. The number of carbonyl (C=O) groups is 1. The van der Waals surface area contributed by atoms with E-state index >= 15 is 0 Å². The maximum Gasteiger partial charge on any atom is 0.494 e. The van der Waals surface area contributed by atoms with Crippen molar-refractivity contribution >= 4 is 41.2 Å². The van der Waals surface area contributed by atoms with Crippen molar-refractivity contribution in [3.05, 3.63) is 29.0 Å². The summed E-state index contributed by atoms with van der Waals surface area (Å²) in [4.78, 5) is 11.9. The summed E-state index contributed by atoms with van der Waals surface area (Å²) >= 11 is 6.43. The number of halogens is 1. The third-order valence-electron chi connectivity index (χ3n) is 5.08. The number of nitrogens with one attached hydrogen (secondary N) is 1. The van der Waals surface area contributed by atoms with Gasteiger partial charge in [-0.05, 0) is 60.0 Å². The van der Waals surface area contributed by atoms with E-state index in [0.29, 0.717) is 10.6 Å². The molecule has 1 amide bonds. The number of carbonyl (C=O) groups excluding carboxylic acids is 1. The van der Waals surface area contributed by atoms with Crippen molar-refractivity contribution in [1.82, 2.24) is 5.32 Å². The number of benzene rings is 1. The first kappa shape index (κ1) is 21.0. The second-order valence-electron chi connectivity index (χ2n) is 9.08. The van der Waals surface area contributed by atoms with Crippen LogP contribution in [0.4, 0.5) is 4.79 Å². The highest BCUT2D eigenvalue weighted by Crippen LogP contribution is 2.37. The number of hydrogen-bond acceptors (Lipinski definition) is 5. The van der Waals surface area contributed by atoms with Crippen molar-refractivity contribution in [3.63, 3.8) is 0 Å². The highest BCUT2D eigenvalue weighted by Gasteiger charge is 2.51. The quantitative estimate of drug-likeness (QED) is 0.763. The Morgan fingerprint density at radius 1 is 1.18 bits per heavy atom. The number of ether oxygens (including phenoxy) is 1. The van der Waals surface area contributed by atoms with Gasteiger partial charge in [0.15, 0.2) is 5.58 Å². The van der Waals surface area contributed by atoms with Crippen molar-refractivity contribution in [2.45, 2.75) is 71.8 Å². The number of amides is 1. The molecule has 2 heterocycles. The molecule has 8 heteroatoms. The predicted octanol–water partition coefficient (Wildman–Crippen LogP) is 4.41. The van der Waals surface area contributed by atoms with E-state index in [4.69, 9.17) is 30.1 Å². The molecule has 0 bridgehead atoms. The molecule has 1 aliphatic heterocycles. The molecule has 6 nitrogen and oxygen atoms in total. The first-order valence-corrected chi connectivity index (χ1v) is 9.69. The molecule has 1 saturated heterocycles. The summed E-state index contributed by atoms with van der Waals surface area (Å²) in [6.07, 6.45) is 1.09. The highest BCUT2D eigenvalue weighted by molar-refractivity contribution is 6.63. The average molecular weight is 408 g/mol. The van der Waals surface area contributed by atoms with Crippen LogP contribution in [-0.2, 0) is 20.6 Å². The Morgan fingerprint density at radius 2 is 1.79 bits per heavy atom. The molecular formula is C20H27BClNO5. The van der Waals surface area contributed by atoms with Crippen molar-refractivity contribution < 1.29 is 23.3 Å². The van der Waals surface area contributed by atoms with Crippen molar-refractivity contribution in [3.8, 4) is 0 Å². The average Bonchev–Trinajstić information content (AvgIpc) is 3.02. The van der Waals surface area contributed by atoms with Crippen molar-refractivity contribution in [1.29, 1.82) is 0 Å². The molecule has 0 saturated carbocycles. The molecule has 1 aromatic carbocycles. The van der Waals surface area contributed by atoms with Crippen LogP contribution in [0.2, 0.25) is 5.02 Å². The zero-order chi connectivity index (χ0) is 20.9. The molecule has 1 fully saturated rings. The largest absolute Gasteiger partial charge is 0.494 e. The van der Waals surface area contributed by atoms with Crippen LogP contribution in [-0.4, -0.2) is 30.0 Å². The summed E-state index contributed by atoms with van der Waals surface area (Å²) in [5.41, 5.74) is 0.698. The minimum Gasteiger partial charge on any atom is -0.462 e. The van der Waals surface area contributed by atoms with E-state index in [-0.39, 0.29) is 6.54 Å². The number of fused-ring (bicyclic) bond motifs is 1. The third-order valence-corrected chi connectivity index (χ3v) is 5.36. The topological polar surface area (TPSA) is 69.9 Å². The lowest BCUT2D eigenvalue weighted by Gasteiger charge is -2.32. The fraction of sp³-hybridized carbons (Fsp3) is 0.550. The van der Waals surface area contributed by atoms with Crippen LogP contribution < -0.4 is 10.8 Å². The van der Waals surface area contributed by atoms with E-state index in [9.17, 15) is 4.79 Å². The summed E-state index contributed by atoms with van der Waals surface area (Å²) in [7, 11) is -0.534. The van der Waals surface area contributed by atoms with Crippen molar-refractivity contribution in [2.75, 3.05) is 0 Å². The lowest BCUT2D eigenvalue weighted by Crippen LogP contribution is -2.41. The Balaban J connectivity index is 1.85. The van der Waals surface area contributed by atoms with Gasteiger partial charge in [-0.2, -0.15) is 0 Å². The summed E-state index contributed by atoms with van der Waals surface area (Å²) in [6.45, 7) is 13.7. The zero-order valence-corrected chi connectivity index (χ0v) is 18.2. The molecule has 28 heavy (non-hydrogen) atoms. The van der Waals surface area contributed by atoms with Gasteiger partial charge < -0.3 is 23.8 Å². The van der Waals surface area contributed by atoms with Crippen LogP contribution in [0.25, 0.3) is 11.0 Å². The Morgan fingerprint density at radius 3 is 2.36 bits per heavy atom. The van der Waals surface area contributed by atoms with E-state index in [2.05, 4.69) is 5.32 Å². The van der Waals surface area contributed by atoms with Gasteiger partial charge in [0, 0.05) is 17.5 Å². The number of alkyl carbamates (subject to hydrolysis) is 1. The molecule has 3 rings (SSSR count). The minimum atomic E-state index is -0.560. The zero-order valence-electron chi connectivity index (χ0n) is 17.4. The molecule has 1 aromatic heterocycles. The fourth-order valence-electron chi connectivity index (χ4n) is 2.90. The van der Waals surface area contributed by atoms with Crippen LogP contribution in [0.1, 0.15) is 54.0 Å². The standard InChI is InChI=1S/C20H27BClNO5/c1-18(2,3)26-17(24)23-10-12-11-25-16-14(12)8-13(9-15(16)22)21-27-19(4,5)20(6,7)28-21/h8-9,11H,10H2,1-7H3,(H,23,24). The summed E-state index contributed by atoms with van der Waals surface area (Å²) in [5.74, 6) is 0. The molecule has 1 aliphatic rings. The Bertz CT molecular complexity index is 884. The van der Waals surface area contributed by atoms with Crippen molar-refractivity contribution in [2.24, 2.45) is 0 Å². The van der Waals surface area contributed by atoms with Gasteiger partial charge in [0.25, 0.3) is 0 Å².